The van der Waals surface area contributed by atoms with Crippen LogP contribution in [-0.4, -0.2) is 38.0 Å². The topological polar surface area (TPSA) is 98.2 Å². The van der Waals surface area contributed by atoms with E-state index in [1.54, 1.807) is 14.2 Å². The second-order valence-electron chi connectivity index (χ2n) is 6.37. The average molecular weight is 376 g/mol. The molecule has 3 aromatic rings. The second kappa shape index (κ2) is 8.27. The van der Waals surface area contributed by atoms with Crippen molar-refractivity contribution in [2.75, 3.05) is 19.1 Å². The van der Waals surface area contributed by atoms with Crippen molar-refractivity contribution in [1.29, 1.82) is 5.26 Å². The first-order valence-corrected chi connectivity index (χ1v) is 8.67. The standard InChI is InChI=1S/C21H20N4O3/c1-25(13-27)20-9-15(4-6-21(20)28-2)14-3-5-19-16(7-14)8-17(24-19)10-18(11-22)23-12-26/h3-9,12-13,18,24H,10H2,1-2H3,(H,23,26). The predicted molar refractivity (Wildman–Crippen MR) is 107 cm³/mol. The van der Waals surface area contributed by atoms with Crippen LogP contribution >= 0.6 is 0 Å². The lowest BCUT2D eigenvalue weighted by Gasteiger charge is -2.16. The van der Waals surface area contributed by atoms with Gasteiger partial charge < -0.3 is 19.9 Å². The first-order valence-electron chi connectivity index (χ1n) is 8.67. The van der Waals surface area contributed by atoms with E-state index in [1.165, 1.54) is 4.90 Å². The van der Waals surface area contributed by atoms with Crippen LogP contribution in [0, 0.1) is 11.3 Å². The van der Waals surface area contributed by atoms with Gasteiger partial charge in [-0.3, -0.25) is 9.59 Å². The number of amides is 2. The SMILES string of the molecule is COc1ccc(-c2ccc3[nH]c(CC(C#N)NC=O)cc3c2)cc1N(C)C=O. The Hall–Kier alpha value is -3.79. The summed E-state index contributed by atoms with van der Waals surface area (Å²) in [4.78, 5) is 26.5. The van der Waals surface area contributed by atoms with Crippen LogP contribution in [0.15, 0.2) is 42.5 Å². The van der Waals surface area contributed by atoms with Gasteiger partial charge in [-0.05, 0) is 41.5 Å². The first kappa shape index (κ1) is 19.0. The third-order valence-electron chi connectivity index (χ3n) is 4.58. The molecule has 1 aromatic heterocycles. The van der Waals surface area contributed by atoms with Crippen molar-refractivity contribution in [2.24, 2.45) is 0 Å². The zero-order chi connectivity index (χ0) is 20.1. The maximum absolute atomic E-state index is 11.2. The number of nitrogens with one attached hydrogen (secondary N) is 2. The molecule has 7 heteroatoms. The molecule has 0 saturated carbocycles. The van der Waals surface area contributed by atoms with Gasteiger partial charge in [-0.2, -0.15) is 5.26 Å². The number of nitriles is 1. The summed E-state index contributed by atoms with van der Waals surface area (Å²) >= 11 is 0. The molecule has 0 bridgehead atoms. The molecule has 1 heterocycles. The molecule has 0 fully saturated rings. The Morgan fingerprint density at radius 1 is 1.21 bits per heavy atom. The number of aromatic nitrogens is 1. The number of rotatable bonds is 8. The summed E-state index contributed by atoms with van der Waals surface area (Å²) in [6, 6.07) is 15.1. The molecule has 0 aliphatic heterocycles. The molecule has 2 amide bonds. The third kappa shape index (κ3) is 3.81. The number of aromatic amines is 1. The molecular weight excluding hydrogens is 356 g/mol. The van der Waals surface area contributed by atoms with Crippen LogP contribution < -0.4 is 15.0 Å². The molecule has 1 atom stereocenters. The van der Waals surface area contributed by atoms with Crippen molar-refractivity contribution < 1.29 is 14.3 Å². The molecule has 3 rings (SSSR count). The average Bonchev–Trinajstić information content (AvgIpc) is 3.13. The molecule has 2 aromatic carbocycles. The van der Waals surface area contributed by atoms with E-state index in [9.17, 15) is 9.59 Å². The Morgan fingerprint density at radius 3 is 2.64 bits per heavy atom. The quantitative estimate of drug-likeness (QED) is 0.591. The Bertz CT molecular complexity index is 1050. The highest BCUT2D eigenvalue weighted by molar-refractivity contribution is 5.88. The lowest BCUT2D eigenvalue weighted by Crippen LogP contribution is -2.28. The van der Waals surface area contributed by atoms with Crippen molar-refractivity contribution >= 4 is 29.4 Å². The van der Waals surface area contributed by atoms with Crippen molar-refractivity contribution in [3.63, 3.8) is 0 Å². The van der Waals surface area contributed by atoms with Gasteiger partial charge >= 0.3 is 0 Å². The zero-order valence-electron chi connectivity index (χ0n) is 15.6. The number of hydrogen-bond acceptors (Lipinski definition) is 4. The van der Waals surface area contributed by atoms with Crippen LogP contribution in [0.2, 0.25) is 0 Å². The van der Waals surface area contributed by atoms with Crippen LogP contribution in [0.5, 0.6) is 5.75 Å². The lowest BCUT2D eigenvalue weighted by molar-refractivity contribution is -0.110. The van der Waals surface area contributed by atoms with Crippen molar-refractivity contribution in [1.82, 2.24) is 10.3 Å². The number of benzene rings is 2. The summed E-state index contributed by atoms with van der Waals surface area (Å²) in [5, 5.41) is 12.6. The summed E-state index contributed by atoms with van der Waals surface area (Å²) in [5.74, 6) is 0.619. The second-order valence-corrected chi connectivity index (χ2v) is 6.37. The largest absolute Gasteiger partial charge is 0.495 e. The Kier molecular flexibility index (Phi) is 5.61. The highest BCUT2D eigenvalue weighted by Crippen LogP contribution is 2.33. The molecule has 0 saturated heterocycles. The highest BCUT2D eigenvalue weighted by Gasteiger charge is 2.12. The van der Waals surface area contributed by atoms with E-state index in [-0.39, 0.29) is 0 Å². The fraction of sp³-hybridized carbons (Fsp3) is 0.190. The van der Waals surface area contributed by atoms with Crippen molar-refractivity contribution in [2.45, 2.75) is 12.5 Å². The molecular formula is C21H20N4O3. The first-order chi connectivity index (χ1) is 13.6. The minimum absolute atomic E-state index is 0.399. The molecule has 7 nitrogen and oxygen atoms in total. The van der Waals surface area contributed by atoms with Gasteiger partial charge in [-0.25, -0.2) is 0 Å². The van der Waals surface area contributed by atoms with Crippen molar-refractivity contribution in [3.05, 3.63) is 48.2 Å². The number of carbonyl (C=O) groups is 2. The van der Waals surface area contributed by atoms with Crippen LogP contribution in [0.25, 0.3) is 22.0 Å². The Balaban J connectivity index is 1.95. The Morgan fingerprint density at radius 2 is 1.96 bits per heavy atom. The van der Waals surface area contributed by atoms with Gasteiger partial charge in [0.25, 0.3) is 0 Å². The van der Waals surface area contributed by atoms with Crippen LogP contribution in [-0.2, 0) is 16.0 Å². The van der Waals surface area contributed by atoms with Crippen LogP contribution in [0.4, 0.5) is 5.69 Å². The smallest absolute Gasteiger partial charge is 0.213 e. The van der Waals surface area contributed by atoms with Gasteiger partial charge in [0.05, 0.1) is 18.9 Å². The number of methoxy groups -OCH3 is 1. The van der Waals surface area contributed by atoms with Gasteiger partial charge in [0.15, 0.2) is 0 Å². The minimum Gasteiger partial charge on any atom is -0.495 e. The fourth-order valence-electron chi connectivity index (χ4n) is 3.13. The molecule has 28 heavy (non-hydrogen) atoms. The maximum atomic E-state index is 11.2. The van der Waals surface area contributed by atoms with E-state index in [4.69, 9.17) is 10.00 Å². The predicted octanol–water partition coefficient (Wildman–Crippen LogP) is 2.62. The molecule has 142 valence electrons. The van der Waals surface area contributed by atoms with Gasteiger partial charge in [0, 0.05) is 30.1 Å². The number of anilines is 1. The van der Waals surface area contributed by atoms with E-state index in [0.29, 0.717) is 24.3 Å². The van der Waals surface area contributed by atoms with E-state index >= 15 is 0 Å². The normalized spacial score (nSPS) is 11.5. The fourth-order valence-corrected chi connectivity index (χ4v) is 3.13. The molecule has 2 N–H and O–H groups in total. The summed E-state index contributed by atoms with van der Waals surface area (Å²) in [6.45, 7) is 0. The number of fused-ring (bicyclic) bond motifs is 1. The summed E-state index contributed by atoms with van der Waals surface area (Å²) in [6.07, 6.45) is 1.67. The van der Waals surface area contributed by atoms with E-state index in [1.807, 2.05) is 42.5 Å². The van der Waals surface area contributed by atoms with Crippen LogP contribution in [0.1, 0.15) is 5.69 Å². The number of nitrogens with zero attached hydrogens (tertiary/aromatic N) is 2. The van der Waals surface area contributed by atoms with Gasteiger partial charge in [0.2, 0.25) is 12.8 Å². The van der Waals surface area contributed by atoms with E-state index in [0.717, 1.165) is 34.1 Å². The molecule has 0 radical (unpaired) electrons. The maximum Gasteiger partial charge on any atom is 0.213 e. The summed E-state index contributed by atoms with van der Waals surface area (Å²) < 4.78 is 5.34. The Labute approximate surface area is 162 Å². The van der Waals surface area contributed by atoms with Crippen molar-refractivity contribution in [3.8, 4) is 22.9 Å². The third-order valence-corrected chi connectivity index (χ3v) is 4.58. The minimum atomic E-state index is -0.576. The lowest BCUT2D eigenvalue weighted by atomic mass is 10.0. The van der Waals surface area contributed by atoms with Gasteiger partial charge in [0.1, 0.15) is 11.8 Å². The number of H-pyrrole nitrogens is 1. The molecule has 0 aliphatic carbocycles. The summed E-state index contributed by atoms with van der Waals surface area (Å²) in [7, 11) is 3.24. The van der Waals surface area contributed by atoms with E-state index in [2.05, 4.69) is 16.4 Å². The molecule has 1 unspecified atom stereocenters. The van der Waals surface area contributed by atoms with E-state index < -0.39 is 6.04 Å². The number of ether oxygens (including phenoxy) is 1. The highest BCUT2D eigenvalue weighted by atomic mass is 16.5. The molecule has 0 aliphatic rings. The molecule has 0 spiro atoms. The van der Waals surface area contributed by atoms with Gasteiger partial charge in [-0.15, -0.1) is 0 Å². The zero-order valence-corrected chi connectivity index (χ0v) is 15.6. The van der Waals surface area contributed by atoms with Crippen LogP contribution in [0.3, 0.4) is 0 Å². The number of hydrogen-bond donors (Lipinski definition) is 2. The number of carbonyl (C=O) groups excluding carboxylic acids is 2. The van der Waals surface area contributed by atoms with Gasteiger partial charge in [-0.1, -0.05) is 12.1 Å². The monoisotopic (exact) mass is 376 g/mol. The summed E-state index contributed by atoms with van der Waals surface area (Å²) in [5.41, 5.74) is 4.43.